The molecule has 1 aromatic heterocycles. The van der Waals surface area contributed by atoms with Gasteiger partial charge in [0.05, 0.1) is 26.4 Å². The van der Waals surface area contributed by atoms with Gasteiger partial charge in [-0.15, -0.1) is 0 Å². The van der Waals surface area contributed by atoms with Crippen LogP contribution in [0.2, 0.25) is 0 Å². The van der Waals surface area contributed by atoms with Crippen molar-refractivity contribution in [3.05, 3.63) is 88.1 Å². The van der Waals surface area contributed by atoms with Crippen LogP contribution in [0.4, 0.5) is 0 Å². The minimum atomic E-state index is -0.475. The van der Waals surface area contributed by atoms with Crippen LogP contribution in [0.1, 0.15) is 71.0 Å². The first-order valence-electron chi connectivity index (χ1n) is 14.1. The molecule has 4 aromatic rings. The largest absolute Gasteiger partial charge is 0.507 e. The van der Waals surface area contributed by atoms with Gasteiger partial charge < -0.3 is 24.2 Å². The number of carbonyl (C=O) groups is 1. The molecule has 0 spiro atoms. The Morgan fingerprint density at radius 2 is 1.78 bits per heavy atom. The summed E-state index contributed by atoms with van der Waals surface area (Å²) in [7, 11) is 1.63. The molecule has 0 aliphatic carbocycles. The van der Waals surface area contributed by atoms with E-state index in [1.165, 1.54) is 0 Å². The summed E-state index contributed by atoms with van der Waals surface area (Å²) >= 11 is 0. The van der Waals surface area contributed by atoms with Gasteiger partial charge in [0.1, 0.15) is 22.9 Å². The number of carbonyl (C=O) groups excluding carboxylic acids is 1. The summed E-state index contributed by atoms with van der Waals surface area (Å²) in [6, 6.07) is 16.9. The lowest BCUT2D eigenvalue weighted by Gasteiger charge is -2.27. The second kappa shape index (κ2) is 12.0. The molecule has 0 radical (unpaired) electrons. The highest BCUT2D eigenvalue weighted by Crippen LogP contribution is 2.47. The number of ether oxygens (including phenoxy) is 3. The Kier molecular flexibility index (Phi) is 8.19. The van der Waals surface area contributed by atoms with Crippen molar-refractivity contribution in [2.45, 2.75) is 53.1 Å². The molecule has 1 aliphatic rings. The van der Waals surface area contributed by atoms with E-state index in [9.17, 15) is 9.90 Å². The number of methoxy groups -OCH3 is 1. The zero-order chi connectivity index (χ0) is 29.1. The average Bonchev–Trinajstić information content (AvgIpc) is 3.51. The van der Waals surface area contributed by atoms with Crippen LogP contribution >= 0.6 is 0 Å². The maximum absolute atomic E-state index is 13.9. The SMILES string of the molecule is CCCCOc1ccc(C2c3c(-c4cc(C)cc(C)c4O)n[nH]c3C(=O)N2Cc2ccc(OC)cc2)cc1OCC. The van der Waals surface area contributed by atoms with Gasteiger partial charge in [-0.1, -0.05) is 37.6 Å². The van der Waals surface area contributed by atoms with E-state index >= 15 is 0 Å². The van der Waals surface area contributed by atoms with Crippen molar-refractivity contribution < 1.29 is 24.1 Å². The van der Waals surface area contributed by atoms with E-state index in [2.05, 4.69) is 17.1 Å². The molecule has 214 valence electrons. The summed E-state index contributed by atoms with van der Waals surface area (Å²) in [6.07, 6.45) is 1.98. The highest BCUT2D eigenvalue weighted by Gasteiger charge is 2.43. The number of unbranched alkanes of at least 4 members (excludes halogenated alkanes) is 1. The molecule has 0 saturated carbocycles. The van der Waals surface area contributed by atoms with Crippen LogP contribution in [-0.2, 0) is 6.54 Å². The number of aromatic nitrogens is 2. The number of aryl methyl sites for hydroxylation is 2. The number of aromatic hydroxyl groups is 1. The van der Waals surface area contributed by atoms with Crippen molar-refractivity contribution in [3.8, 4) is 34.3 Å². The highest BCUT2D eigenvalue weighted by atomic mass is 16.5. The van der Waals surface area contributed by atoms with Crippen LogP contribution in [0.15, 0.2) is 54.6 Å². The first-order chi connectivity index (χ1) is 19.9. The van der Waals surface area contributed by atoms with E-state index in [4.69, 9.17) is 14.2 Å². The lowest BCUT2D eigenvalue weighted by molar-refractivity contribution is 0.0729. The van der Waals surface area contributed by atoms with Gasteiger partial charge in [-0.25, -0.2) is 0 Å². The van der Waals surface area contributed by atoms with Crippen LogP contribution in [0, 0.1) is 13.8 Å². The molecule has 2 heterocycles. The average molecular weight is 556 g/mol. The van der Waals surface area contributed by atoms with E-state index in [0.717, 1.165) is 46.4 Å². The van der Waals surface area contributed by atoms with Gasteiger partial charge in [0.25, 0.3) is 5.91 Å². The first-order valence-corrected chi connectivity index (χ1v) is 14.1. The molecule has 41 heavy (non-hydrogen) atoms. The molecular formula is C33H37N3O5. The predicted octanol–water partition coefficient (Wildman–Crippen LogP) is 6.73. The highest BCUT2D eigenvalue weighted by molar-refractivity contribution is 6.00. The molecule has 0 fully saturated rings. The van der Waals surface area contributed by atoms with E-state index < -0.39 is 6.04 Å². The molecule has 1 unspecified atom stereocenters. The topological polar surface area (TPSA) is 96.9 Å². The third kappa shape index (κ3) is 5.46. The second-order valence-corrected chi connectivity index (χ2v) is 10.4. The summed E-state index contributed by atoms with van der Waals surface area (Å²) in [5.74, 6) is 2.05. The first kappa shape index (κ1) is 28.1. The Morgan fingerprint density at radius 1 is 1.00 bits per heavy atom. The molecule has 8 nitrogen and oxygen atoms in total. The van der Waals surface area contributed by atoms with Gasteiger partial charge in [-0.3, -0.25) is 9.89 Å². The molecule has 1 aliphatic heterocycles. The van der Waals surface area contributed by atoms with Gasteiger partial charge in [0.15, 0.2) is 11.5 Å². The quantitative estimate of drug-likeness (QED) is 0.199. The molecule has 1 amide bonds. The van der Waals surface area contributed by atoms with Crippen LogP contribution < -0.4 is 14.2 Å². The number of phenolic OH excluding ortho intramolecular Hbond substituents is 1. The summed E-state index contributed by atoms with van der Waals surface area (Å²) in [6.45, 7) is 9.35. The summed E-state index contributed by atoms with van der Waals surface area (Å²) in [5.41, 5.74) is 5.86. The van der Waals surface area contributed by atoms with Crippen molar-refractivity contribution in [2.24, 2.45) is 0 Å². The fraction of sp³-hybridized carbons (Fsp3) is 0.333. The number of benzene rings is 3. The summed E-state index contributed by atoms with van der Waals surface area (Å²) < 4.78 is 17.4. The van der Waals surface area contributed by atoms with Crippen molar-refractivity contribution >= 4 is 5.91 Å². The van der Waals surface area contributed by atoms with E-state index in [1.807, 2.05) is 80.3 Å². The molecule has 1 atom stereocenters. The Balaban J connectivity index is 1.64. The minimum Gasteiger partial charge on any atom is -0.507 e. The number of rotatable bonds is 11. The number of aromatic amines is 1. The zero-order valence-corrected chi connectivity index (χ0v) is 24.3. The lowest BCUT2D eigenvalue weighted by Crippen LogP contribution is -2.29. The Bertz CT molecular complexity index is 1540. The smallest absolute Gasteiger partial charge is 0.273 e. The molecule has 0 bridgehead atoms. The molecule has 3 aromatic carbocycles. The Morgan fingerprint density at radius 3 is 2.49 bits per heavy atom. The van der Waals surface area contributed by atoms with Crippen LogP contribution in [0.3, 0.4) is 0 Å². The van der Waals surface area contributed by atoms with Crippen molar-refractivity contribution in [3.63, 3.8) is 0 Å². The number of fused-ring (bicyclic) bond motifs is 1. The lowest BCUT2D eigenvalue weighted by atomic mass is 9.93. The molecular weight excluding hydrogens is 518 g/mol. The number of hydrogen-bond donors (Lipinski definition) is 2. The Hall–Kier alpha value is -4.46. The van der Waals surface area contributed by atoms with Gasteiger partial charge in [-0.2, -0.15) is 5.10 Å². The van der Waals surface area contributed by atoms with Crippen molar-refractivity contribution in [1.29, 1.82) is 0 Å². The third-order valence-electron chi connectivity index (χ3n) is 7.41. The van der Waals surface area contributed by atoms with E-state index in [0.29, 0.717) is 48.2 Å². The minimum absolute atomic E-state index is 0.152. The maximum atomic E-state index is 13.9. The van der Waals surface area contributed by atoms with Crippen molar-refractivity contribution in [1.82, 2.24) is 15.1 Å². The number of phenols is 1. The number of H-pyrrole nitrogens is 1. The zero-order valence-electron chi connectivity index (χ0n) is 24.3. The van der Waals surface area contributed by atoms with Gasteiger partial charge in [0.2, 0.25) is 0 Å². The third-order valence-corrected chi connectivity index (χ3v) is 7.41. The Labute approximate surface area is 240 Å². The molecule has 5 rings (SSSR count). The van der Waals surface area contributed by atoms with Crippen molar-refractivity contribution in [2.75, 3.05) is 20.3 Å². The standard InChI is InChI=1S/C33H37N3O5/c1-6-8-15-41-26-14-11-23(18-27(26)40-7-2)31-28-29(25-17-20(3)16-21(4)32(25)37)34-35-30(28)33(38)36(31)19-22-9-12-24(39-5)13-10-22/h9-14,16-18,31,37H,6-8,15,19H2,1-5H3,(H,34,35). The van der Waals surface area contributed by atoms with E-state index in [1.54, 1.807) is 7.11 Å². The van der Waals surface area contributed by atoms with Crippen LogP contribution in [-0.4, -0.2) is 46.4 Å². The second-order valence-electron chi connectivity index (χ2n) is 10.4. The van der Waals surface area contributed by atoms with E-state index in [-0.39, 0.29) is 11.7 Å². The summed E-state index contributed by atoms with van der Waals surface area (Å²) in [5, 5.41) is 18.6. The predicted molar refractivity (Wildman–Crippen MR) is 158 cm³/mol. The van der Waals surface area contributed by atoms with Gasteiger partial charge in [-0.05, 0) is 79.8 Å². The monoisotopic (exact) mass is 555 g/mol. The summed E-state index contributed by atoms with van der Waals surface area (Å²) in [4.78, 5) is 15.8. The molecule has 2 N–H and O–H groups in total. The number of amides is 1. The van der Waals surface area contributed by atoms with Gasteiger partial charge in [0, 0.05) is 17.7 Å². The maximum Gasteiger partial charge on any atom is 0.273 e. The molecule has 8 heteroatoms. The number of nitrogens with zero attached hydrogens (tertiary/aromatic N) is 2. The van der Waals surface area contributed by atoms with Gasteiger partial charge >= 0.3 is 0 Å². The van der Waals surface area contributed by atoms with Crippen LogP contribution in [0.25, 0.3) is 11.3 Å². The number of nitrogens with one attached hydrogen (secondary N) is 1. The van der Waals surface area contributed by atoms with Crippen LogP contribution in [0.5, 0.6) is 23.0 Å². The normalized spacial score (nSPS) is 14.3. The molecule has 0 saturated heterocycles. The fourth-order valence-corrected chi connectivity index (χ4v) is 5.39. The number of hydrogen-bond acceptors (Lipinski definition) is 6. The fourth-order valence-electron chi connectivity index (χ4n) is 5.39.